The maximum absolute atomic E-state index is 12.6. The van der Waals surface area contributed by atoms with Crippen molar-refractivity contribution in [3.8, 4) is 0 Å². The van der Waals surface area contributed by atoms with Crippen LogP contribution in [-0.2, 0) is 0 Å². The Bertz CT molecular complexity index is 890. The molecule has 1 amide bonds. The summed E-state index contributed by atoms with van der Waals surface area (Å²) in [7, 11) is 0. The molecule has 0 atom stereocenters. The van der Waals surface area contributed by atoms with Crippen molar-refractivity contribution in [2.75, 3.05) is 11.1 Å². The van der Waals surface area contributed by atoms with Crippen LogP contribution in [0.25, 0.3) is 0 Å². The van der Waals surface area contributed by atoms with Gasteiger partial charge in [-0.05, 0) is 12.1 Å². The van der Waals surface area contributed by atoms with E-state index in [9.17, 15) is 9.59 Å². The molecule has 0 bridgehead atoms. The monoisotopic (exact) mass is 354 g/mol. The van der Waals surface area contributed by atoms with Crippen molar-refractivity contribution in [2.24, 2.45) is 0 Å². The van der Waals surface area contributed by atoms with E-state index in [4.69, 9.17) is 5.73 Å². The maximum Gasteiger partial charge on any atom is 0.259 e. The van der Waals surface area contributed by atoms with Crippen LogP contribution in [0.15, 0.2) is 64.9 Å². The Kier molecular flexibility index (Phi) is 4.69. The van der Waals surface area contributed by atoms with Crippen molar-refractivity contribution in [3.63, 3.8) is 0 Å². The molecule has 3 N–H and O–H groups in total. The molecule has 0 radical (unpaired) electrons. The molecule has 1 aromatic heterocycles. The minimum atomic E-state index is -0.382. The van der Waals surface area contributed by atoms with Crippen molar-refractivity contribution in [3.05, 3.63) is 76.7 Å². The van der Waals surface area contributed by atoms with Crippen LogP contribution >= 0.6 is 24.0 Å². The van der Waals surface area contributed by atoms with Gasteiger partial charge in [0.05, 0.1) is 20.3 Å². The van der Waals surface area contributed by atoms with Crippen LogP contribution in [0, 0.1) is 0 Å². The molecule has 1 heterocycles. The van der Waals surface area contributed by atoms with Crippen LogP contribution < -0.4 is 11.1 Å². The zero-order valence-corrected chi connectivity index (χ0v) is 14.2. The number of carbonyl (C=O) groups excluding carboxylic acids is 2. The van der Waals surface area contributed by atoms with Crippen LogP contribution in [0.4, 0.5) is 11.4 Å². The van der Waals surface area contributed by atoms with Crippen molar-refractivity contribution in [1.82, 2.24) is 0 Å². The van der Waals surface area contributed by atoms with Gasteiger partial charge in [-0.2, -0.15) is 0 Å². The second-order valence-electron chi connectivity index (χ2n) is 5.04. The summed E-state index contributed by atoms with van der Waals surface area (Å²) < 4.78 is 0.417. The third-order valence-corrected chi connectivity index (χ3v) is 4.93. The fraction of sp³-hybridized carbons (Fsp3) is 0. The summed E-state index contributed by atoms with van der Waals surface area (Å²) in [6.07, 6.45) is 0. The summed E-state index contributed by atoms with van der Waals surface area (Å²) in [4.78, 5) is 25.4. The van der Waals surface area contributed by atoms with Gasteiger partial charge in [0.15, 0.2) is 0 Å². The molecule has 0 aliphatic carbocycles. The number of hydrogen-bond donors (Lipinski definition) is 3. The molecule has 120 valence electrons. The number of nitrogens with one attached hydrogen (secondary N) is 1. The lowest BCUT2D eigenvalue weighted by Gasteiger charge is -2.05. The molecule has 0 fully saturated rings. The van der Waals surface area contributed by atoms with E-state index in [1.165, 1.54) is 0 Å². The first-order valence-corrected chi connectivity index (χ1v) is 8.41. The number of thiophene rings is 1. The highest BCUT2D eigenvalue weighted by Gasteiger charge is 2.24. The number of carbonyl (C=O) groups is 2. The standard InChI is InChI=1S/C18H14N2O2S2/c19-14-13(17(22)20-12-9-5-2-6-10-12)18(23)24-16(14)15(21)11-7-3-1-4-8-11/h1-10,23H,19H2,(H,20,22). The molecule has 3 aromatic rings. The highest BCUT2D eigenvalue weighted by Crippen LogP contribution is 2.35. The first-order valence-electron chi connectivity index (χ1n) is 7.15. The predicted octanol–water partition coefficient (Wildman–Crippen LogP) is 4.10. The molecule has 0 saturated carbocycles. The topological polar surface area (TPSA) is 72.2 Å². The summed E-state index contributed by atoms with van der Waals surface area (Å²) in [5, 5.41) is 2.76. The third kappa shape index (κ3) is 3.20. The molecule has 0 aliphatic heterocycles. The lowest BCUT2D eigenvalue weighted by atomic mass is 10.1. The van der Waals surface area contributed by atoms with Gasteiger partial charge in [0.2, 0.25) is 5.78 Å². The molecule has 3 rings (SSSR count). The fourth-order valence-electron chi connectivity index (χ4n) is 2.26. The van der Waals surface area contributed by atoms with Gasteiger partial charge >= 0.3 is 0 Å². The molecular formula is C18H14N2O2S2. The average Bonchev–Trinajstić information content (AvgIpc) is 2.90. The van der Waals surface area contributed by atoms with Crippen LogP contribution in [0.5, 0.6) is 0 Å². The smallest absolute Gasteiger partial charge is 0.259 e. The van der Waals surface area contributed by atoms with Gasteiger partial charge in [-0.1, -0.05) is 48.5 Å². The van der Waals surface area contributed by atoms with Crippen molar-refractivity contribution < 1.29 is 9.59 Å². The fourth-order valence-corrected chi connectivity index (χ4v) is 3.67. The van der Waals surface area contributed by atoms with Gasteiger partial charge in [-0.3, -0.25) is 9.59 Å². The Balaban J connectivity index is 1.92. The van der Waals surface area contributed by atoms with E-state index in [1.807, 2.05) is 24.3 Å². The summed E-state index contributed by atoms with van der Waals surface area (Å²) in [6, 6.07) is 17.9. The Morgan fingerprint density at radius 2 is 1.54 bits per heavy atom. The summed E-state index contributed by atoms with van der Waals surface area (Å²) in [5.74, 6) is -0.598. The maximum atomic E-state index is 12.6. The van der Waals surface area contributed by atoms with E-state index in [0.717, 1.165) is 11.3 Å². The average molecular weight is 354 g/mol. The van der Waals surface area contributed by atoms with E-state index >= 15 is 0 Å². The summed E-state index contributed by atoms with van der Waals surface area (Å²) >= 11 is 5.44. The molecule has 0 aliphatic rings. The molecule has 2 aromatic carbocycles. The zero-order chi connectivity index (χ0) is 17.1. The Hall–Kier alpha value is -2.57. The molecular weight excluding hydrogens is 340 g/mol. The molecule has 6 heteroatoms. The lowest BCUT2D eigenvalue weighted by molar-refractivity contribution is 0.102. The first kappa shape index (κ1) is 16.3. The second kappa shape index (κ2) is 6.90. The van der Waals surface area contributed by atoms with E-state index in [1.54, 1.807) is 36.4 Å². The first-order chi connectivity index (χ1) is 11.6. The van der Waals surface area contributed by atoms with Crippen LogP contribution in [-0.4, -0.2) is 11.7 Å². The number of para-hydroxylation sites is 1. The number of hydrogen-bond acceptors (Lipinski definition) is 5. The molecule has 0 saturated heterocycles. The molecule has 0 spiro atoms. The summed E-state index contributed by atoms with van der Waals surface area (Å²) in [6.45, 7) is 0. The van der Waals surface area contributed by atoms with Gasteiger partial charge in [0.1, 0.15) is 0 Å². The molecule has 24 heavy (non-hydrogen) atoms. The number of nitrogens with two attached hydrogens (primary N) is 1. The number of benzene rings is 2. The van der Waals surface area contributed by atoms with Crippen LogP contribution in [0.1, 0.15) is 25.6 Å². The van der Waals surface area contributed by atoms with Gasteiger partial charge in [-0.15, -0.1) is 24.0 Å². The second-order valence-corrected chi connectivity index (χ2v) is 6.81. The number of nitrogen functional groups attached to an aromatic ring is 1. The number of anilines is 2. The number of ketones is 1. The highest BCUT2D eigenvalue weighted by molar-refractivity contribution is 7.83. The SMILES string of the molecule is Nc1c(C(=O)c2ccccc2)sc(S)c1C(=O)Nc1ccccc1. The Labute approximate surface area is 148 Å². The van der Waals surface area contributed by atoms with E-state index in [0.29, 0.717) is 20.3 Å². The molecule has 0 unspecified atom stereocenters. The van der Waals surface area contributed by atoms with Crippen LogP contribution in [0.2, 0.25) is 0 Å². The van der Waals surface area contributed by atoms with Crippen molar-refractivity contribution in [1.29, 1.82) is 0 Å². The predicted molar refractivity (Wildman–Crippen MR) is 100 cm³/mol. The van der Waals surface area contributed by atoms with E-state index in [-0.39, 0.29) is 22.9 Å². The number of rotatable bonds is 4. The highest BCUT2D eigenvalue weighted by atomic mass is 32.2. The van der Waals surface area contributed by atoms with Crippen molar-refractivity contribution >= 4 is 47.0 Å². The van der Waals surface area contributed by atoms with Gasteiger partial charge in [0, 0.05) is 11.3 Å². The van der Waals surface area contributed by atoms with Gasteiger partial charge in [-0.25, -0.2) is 0 Å². The Morgan fingerprint density at radius 1 is 0.958 bits per heavy atom. The summed E-state index contributed by atoms with van der Waals surface area (Å²) in [5.41, 5.74) is 7.64. The lowest BCUT2D eigenvalue weighted by Crippen LogP contribution is -2.14. The normalized spacial score (nSPS) is 10.4. The minimum absolute atomic E-state index is 0.160. The van der Waals surface area contributed by atoms with E-state index in [2.05, 4.69) is 17.9 Å². The van der Waals surface area contributed by atoms with Crippen molar-refractivity contribution in [2.45, 2.75) is 4.21 Å². The zero-order valence-electron chi connectivity index (χ0n) is 12.5. The quantitative estimate of drug-likeness (QED) is 0.488. The largest absolute Gasteiger partial charge is 0.397 e. The van der Waals surface area contributed by atoms with Gasteiger partial charge < -0.3 is 11.1 Å². The van der Waals surface area contributed by atoms with E-state index < -0.39 is 0 Å². The number of amides is 1. The molecule has 4 nitrogen and oxygen atoms in total. The Morgan fingerprint density at radius 3 is 2.17 bits per heavy atom. The van der Waals surface area contributed by atoms with Crippen LogP contribution in [0.3, 0.4) is 0 Å². The number of thiol groups is 1. The van der Waals surface area contributed by atoms with Gasteiger partial charge in [0.25, 0.3) is 5.91 Å². The minimum Gasteiger partial charge on any atom is -0.397 e. The third-order valence-electron chi connectivity index (χ3n) is 3.43.